The first-order valence-corrected chi connectivity index (χ1v) is 9.28. The van der Waals surface area contributed by atoms with Crippen LogP contribution in [-0.4, -0.2) is 36.4 Å². The van der Waals surface area contributed by atoms with Gasteiger partial charge in [0.2, 0.25) is 5.78 Å². The number of methoxy groups -OCH3 is 1. The number of hydrogen-bond acceptors (Lipinski definition) is 3. The van der Waals surface area contributed by atoms with Crippen LogP contribution >= 0.6 is 15.9 Å². The Morgan fingerprint density at radius 3 is 2.69 bits per heavy atom. The number of hydrogen-bond donors (Lipinski definition) is 1. The molecule has 3 aromatic rings. The fourth-order valence-corrected chi connectivity index (χ4v) is 3.67. The van der Waals surface area contributed by atoms with Crippen molar-refractivity contribution in [3.05, 3.63) is 69.5 Å². The Morgan fingerprint density at radius 1 is 1.19 bits per heavy atom. The number of fused-ring (bicyclic) bond motifs is 3. The molecule has 4 rings (SSSR count). The fourth-order valence-electron chi connectivity index (χ4n) is 3.40. The summed E-state index contributed by atoms with van der Waals surface area (Å²) in [5.41, 5.74) is 4.67. The highest BCUT2D eigenvalue weighted by atomic mass is 79.9. The van der Waals surface area contributed by atoms with Crippen molar-refractivity contribution >= 4 is 38.7 Å². The number of H-pyrrole nitrogens is 1. The quantitative estimate of drug-likeness (QED) is 0.639. The number of ketones is 1. The van der Waals surface area contributed by atoms with Crippen LogP contribution in [0.5, 0.6) is 5.75 Å². The number of aromatic nitrogens is 1. The summed E-state index contributed by atoms with van der Waals surface area (Å²) in [7, 11) is 3.65. The van der Waals surface area contributed by atoms with Gasteiger partial charge in [-0.3, -0.25) is 4.79 Å². The number of nitrogens with zero attached hydrogens (tertiary/aromatic N) is 1. The number of halogens is 1. The lowest BCUT2D eigenvalue weighted by Crippen LogP contribution is -2.24. The minimum Gasteiger partial charge on any atom is -0.497 e. The van der Waals surface area contributed by atoms with E-state index >= 15 is 0 Å². The fraction of sp³-hybridized carbons (Fsp3) is 0.190. The lowest BCUT2D eigenvalue weighted by atomic mass is 10.1. The third-order valence-corrected chi connectivity index (χ3v) is 5.40. The van der Waals surface area contributed by atoms with Crippen LogP contribution in [0, 0.1) is 0 Å². The molecule has 0 amide bonds. The molecule has 4 nitrogen and oxygen atoms in total. The largest absolute Gasteiger partial charge is 0.497 e. The molecule has 2 heterocycles. The highest BCUT2D eigenvalue weighted by Gasteiger charge is 2.22. The maximum Gasteiger partial charge on any atom is 0.209 e. The molecule has 5 heteroatoms. The molecule has 0 saturated carbocycles. The zero-order valence-corrected chi connectivity index (χ0v) is 16.3. The van der Waals surface area contributed by atoms with Crippen molar-refractivity contribution in [3.8, 4) is 5.75 Å². The van der Waals surface area contributed by atoms with Gasteiger partial charge in [-0.05, 0) is 60.5 Å². The van der Waals surface area contributed by atoms with E-state index in [4.69, 9.17) is 4.74 Å². The molecule has 0 spiro atoms. The molecule has 1 aliphatic rings. The van der Waals surface area contributed by atoms with Crippen molar-refractivity contribution < 1.29 is 9.53 Å². The first-order valence-electron chi connectivity index (χ1n) is 8.48. The molecular formula is C21H19BrN2O2. The summed E-state index contributed by atoms with van der Waals surface area (Å²) in [6, 6.07) is 13.5. The van der Waals surface area contributed by atoms with Gasteiger partial charge in [0.25, 0.3) is 0 Å². The average Bonchev–Trinajstić information content (AvgIpc) is 2.91. The van der Waals surface area contributed by atoms with Crippen molar-refractivity contribution in [3.63, 3.8) is 0 Å². The van der Waals surface area contributed by atoms with E-state index in [1.807, 2.05) is 54.4 Å². The smallest absolute Gasteiger partial charge is 0.209 e. The first-order chi connectivity index (χ1) is 12.6. The molecule has 0 unspecified atom stereocenters. The number of Topliss-reactive ketones (excluding diaryl/α,β-unsaturated/α-hetero) is 1. The van der Waals surface area contributed by atoms with Crippen LogP contribution in [0.1, 0.15) is 21.6 Å². The maximum atomic E-state index is 13.0. The second-order valence-corrected chi connectivity index (χ2v) is 7.38. The zero-order chi connectivity index (χ0) is 18.3. The molecule has 0 aliphatic carbocycles. The number of aromatic amines is 1. The number of likely N-dealkylation sites (N-methyl/N-ethyl adjacent to an activating group) is 1. The summed E-state index contributed by atoms with van der Waals surface area (Å²) >= 11 is 3.42. The van der Waals surface area contributed by atoms with Gasteiger partial charge in [-0.2, -0.15) is 0 Å². The molecular weight excluding hydrogens is 392 g/mol. The highest BCUT2D eigenvalue weighted by Crippen LogP contribution is 2.31. The topological polar surface area (TPSA) is 45.3 Å². The molecule has 0 bridgehead atoms. The molecule has 0 fully saturated rings. The lowest BCUT2D eigenvalue weighted by Gasteiger charge is -2.20. The van der Waals surface area contributed by atoms with E-state index in [-0.39, 0.29) is 5.78 Å². The summed E-state index contributed by atoms with van der Waals surface area (Å²) < 4.78 is 6.33. The zero-order valence-electron chi connectivity index (χ0n) is 14.7. The molecule has 0 radical (unpaired) electrons. The van der Waals surface area contributed by atoms with Crippen LogP contribution in [0.15, 0.2) is 52.6 Å². The SMILES string of the molecule is COc1ccc2[nH]c3c(c2c1)CCN(C)C(C(=O)c1ccc(Br)cc1)=C3. The van der Waals surface area contributed by atoms with Crippen LogP contribution in [0.4, 0.5) is 0 Å². The summed E-state index contributed by atoms with van der Waals surface area (Å²) in [6.45, 7) is 0.783. The van der Waals surface area contributed by atoms with E-state index in [0.29, 0.717) is 11.3 Å². The summed E-state index contributed by atoms with van der Waals surface area (Å²) in [5, 5.41) is 1.15. The minimum absolute atomic E-state index is 0.0316. The normalized spacial score (nSPS) is 14.0. The van der Waals surface area contributed by atoms with Crippen molar-refractivity contribution in [2.24, 2.45) is 0 Å². The maximum absolute atomic E-state index is 13.0. The molecule has 1 aromatic heterocycles. The number of rotatable bonds is 3. The first kappa shape index (κ1) is 16.9. The predicted molar refractivity (Wildman–Crippen MR) is 108 cm³/mol. The number of nitrogens with one attached hydrogen (secondary N) is 1. The van der Waals surface area contributed by atoms with Crippen LogP contribution in [0.2, 0.25) is 0 Å². The van der Waals surface area contributed by atoms with E-state index in [2.05, 4.69) is 27.0 Å². The number of benzene rings is 2. The molecule has 1 aliphatic heterocycles. The Balaban J connectivity index is 1.80. The number of allylic oxidation sites excluding steroid dienone is 1. The molecule has 2 aromatic carbocycles. The Hall–Kier alpha value is -2.53. The highest BCUT2D eigenvalue weighted by molar-refractivity contribution is 9.10. The molecule has 0 saturated heterocycles. The Bertz CT molecular complexity index is 1020. The van der Waals surface area contributed by atoms with Crippen LogP contribution in [-0.2, 0) is 6.42 Å². The van der Waals surface area contributed by atoms with Crippen molar-refractivity contribution in [2.75, 3.05) is 20.7 Å². The van der Waals surface area contributed by atoms with Gasteiger partial charge in [-0.25, -0.2) is 0 Å². The van der Waals surface area contributed by atoms with Gasteiger partial charge in [0.1, 0.15) is 5.75 Å². The molecule has 1 N–H and O–H groups in total. The van der Waals surface area contributed by atoms with E-state index in [0.717, 1.165) is 39.8 Å². The van der Waals surface area contributed by atoms with Crippen LogP contribution in [0.25, 0.3) is 17.0 Å². The Labute approximate surface area is 160 Å². The van der Waals surface area contributed by atoms with Crippen LogP contribution < -0.4 is 4.74 Å². The summed E-state index contributed by atoms with van der Waals surface area (Å²) in [5.74, 6) is 0.871. The molecule has 26 heavy (non-hydrogen) atoms. The van der Waals surface area contributed by atoms with E-state index in [1.165, 1.54) is 5.56 Å². The van der Waals surface area contributed by atoms with Gasteiger partial charge in [-0.15, -0.1) is 0 Å². The van der Waals surface area contributed by atoms with E-state index < -0.39 is 0 Å². The van der Waals surface area contributed by atoms with Crippen molar-refractivity contribution in [1.29, 1.82) is 0 Å². The monoisotopic (exact) mass is 410 g/mol. The number of carbonyl (C=O) groups excluding carboxylic acids is 1. The third-order valence-electron chi connectivity index (χ3n) is 4.87. The average molecular weight is 411 g/mol. The second kappa shape index (κ2) is 6.65. The Morgan fingerprint density at radius 2 is 1.96 bits per heavy atom. The second-order valence-electron chi connectivity index (χ2n) is 6.47. The predicted octanol–water partition coefficient (Wildman–Crippen LogP) is 4.65. The minimum atomic E-state index is 0.0316. The molecule has 132 valence electrons. The van der Waals surface area contributed by atoms with Gasteiger partial charge >= 0.3 is 0 Å². The van der Waals surface area contributed by atoms with Crippen molar-refractivity contribution in [2.45, 2.75) is 6.42 Å². The van der Waals surface area contributed by atoms with Gasteiger partial charge in [-0.1, -0.05) is 15.9 Å². The lowest BCUT2D eigenvalue weighted by molar-refractivity contribution is 0.100. The van der Waals surface area contributed by atoms with E-state index in [1.54, 1.807) is 7.11 Å². The summed E-state index contributed by atoms with van der Waals surface area (Å²) in [6.07, 6.45) is 2.84. The summed E-state index contributed by atoms with van der Waals surface area (Å²) in [4.78, 5) is 18.5. The van der Waals surface area contributed by atoms with Gasteiger partial charge in [0.05, 0.1) is 12.8 Å². The van der Waals surface area contributed by atoms with Crippen LogP contribution in [0.3, 0.4) is 0 Å². The van der Waals surface area contributed by atoms with Gasteiger partial charge in [0, 0.05) is 40.2 Å². The third kappa shape index (κ3) is 2.92. The van der Waals surface area contributed by atoms with Gasteiger partial charge in [0.15, 0.2) is 0 Å². The number of ether oxygens (including phenoxy) is 1. The molecule has 0 atom stereocenters. The number of carbonyl (C=O) groups is 1. The standard InChI is InChI=1S/C21H19BrN2O2/c1-24-10-9-16-17-11-15(26-2)7-8-18(17)23-19(16)12-20(24)21(25)13-3-5-14(22)6-4-13/h3-8,11-12,23H,9-10H2,1-2H3. The van der Waals surface area contributed by atoms with Gasteiger partial charge < -0.3 is 14.6 Å². The Kier molecular flexibility index (Phi) is 4.32. The van der Waals surface area contributed by atoms with Crippen molar-refractivity contribution in [1.82, 2.24) is 9.88 Å². The van der Waals surface area contributed by atoms with E-state index in [9.17, 15) is 4.79 Å².